The summed E-state index contributed by atoms with van der Waals surface area (Å²) in [4.78, 5) is 11.7. The maximum Gasteiger partial charge on any atom is 0.224 e. The molecule has 0 aromatic carbocycles. The van der Waals surface area contributed by atoms with Gasteiger partial charge in [-0.15, -0.1) is 0 Å². The number of carbonyl (C=O) groups is 1. The number of carbonyl (C=O) groups excluding carboxylic acids is 1. The van der Waals surface area contributed by atoms with Gasteiger partial charge < -0.3 is 15.8 Å². The lowest BCUT2D eigenvalue weighted by molar-refractivity contribution is -0.126. The quantitative estimate of drug-likeness (QED) is 0.655. The third-order valence-corrected chi connectivity index (χ3v) is 2.47. The average molecular weight is 216 g/mol. The molecule has 0 aromatic rings. The first kappa shape index (κ1) is 14.4. The fourth-order valence-electron chi connectivity index (χ4n) is 1.43. The Balaban J connectivity index is 3.90. The van der Waals surface area contributed by atoms with Gasteiger partial charge in [-0.2, -0.15) is 0 Å². The zero-order valence-corrected chi connectivity index (χ0v) is 10.2. The minimum absolute atomic E-state index is 0.0513. The molecular weight excluding hydrogens is 192 g/mol. The summed E-state index contributed by atoms with van der Waals surface area (Å²) in [6, 6.07) is 0. The Morgan fingerprint density at radius 3 is 2.40 bits per heavy atom. The summed E-state index contributed by atoms with van der Waals surface area (Å²) < 4.78 is 4.99. The number of amides is 1. The topological polar surface area (TPSA) is 64.3 Å². The summed E-state index contributed by atoms with van der Waals surface area (Å²) in [6.07, 6.45) is 0. The lowest BCUT2D eigenvalue weighted by atomic mass is 9.95. The number of hydrogen-bond acceptors (Lipinski definition) is 3. The second kappa shape index (κ2) is 7.65. The van der Waals surface area contributed by atoms with E-state index in [1.54, 1.807) is 7.11 Å². The molecule has 0 aliphatic rings. The van der Waals surface area contributed by atoms with Crippen LogP contribution in [0.5, 0.6) is 0 Å². The summed E-state index contributed by atoms with van der Waals surface area (Å²) in [5, 5.41) is 2.90. The minimum Gasteiger partial charge on any atom is -0.384 e. The zero-order valence-electron chi connectivity index (χ0n) is 10.2. The minimum atomic E-state index is -0.0836. The molecule has 3 N–H and O–H groups in total. The molecule has 2 atom stereocenters. The first-order valence-corrected chi connectivity index (χ1v) is 5.49. The van der Waals surface area contributed by atoms with Crippen molar-refractivity contribution < 1.29 is 9.53 Å². The number of rotatable bonds is 7. The molecule has 0 aliphatic carbocycles. The third kappa shape index (κ3) is 5.74. The summed E-state index contributed by atoms with van der Waals surface area (Å²) in [6.45, 7) is 7.77. The first-order chi connectivity index (χ1) is 7.02. The highest BCUT2D eigenvalue weighted by molar-refractivity contribution is 5.79. The van der Waals surface area contributed by atoms with Crippen molar-refractivity contribution in [2.45, 2.75) is 20.8 Å². The smallest absolute Gasteiger partial charge is 0.224 e. The highest BCUT2D eigenvalue weighted by atomic mass is 16.5. The molecule has 2 unspecified atom stereocenters. The predicted octanol–water partition coefficient (Wildman–Crippen LogP) is 0.616. The van der Waals surface area contributed by atoms with E-state index in [1.807, 2.05) is 20.8 Å². The van der Waals surface area contributed by atoms with Gasteiger partial charge in [-0.3, -0.25) is 4.79 Å². The molecule has 90 valence electrons. The van der Waals surface area contributed by atoms with Gasteiger partial charge in [-0.25, -0.2) is 0 Å². The Hall–Kier alpha value is -0.610. The molecule has 4 heteroatoms. The normalized spacial score (nSPS) is 15.1. The molecule has 0 fully saturated rings. The Labute approximate surface area is 92.6 Å². The fourth-order valence-corrected chi connectivity index (χ4v) is 1.43. The standard InChI is InChI=1S/C11H24N2O2/c1-8(2)10(5-12)11(14)13-6-9(3)7-15-4/h8-10H,5-7,12H2,1-4H3,(H,13,14). The molecule has 0 spiro atoms. The van der Waals surface area contributed by atoms with Crippen LogP contribution in [0.15, 0.2) is 0 Å². The van der Waals surface area contributed by atoms with Crippen molar-refractivity contribution in [3.8, 4) is 0 Å². The molecule has 15 heavy (non-hydrogen) atoms. The maximum atomic E-state index is 11.7. The van der Waals surface area contributed by atoms with E-state index in [0.717, 1.165) is 0 Å². The van der Waals surface area contributed by atoms with Crippen LogP contribution in [-0.4, -0.2) is 32.7 Å². The van der Waals surface area contributed by atoms with Crippen molar-refractivity contribution in [1.29, 1.82) is 0 Å². The van der Waals surface area contributed by atoms with Gasteiger partial charge in [0, 0.05) is 20.2 Å². The number of ether oxygens (including phenoxy) is 1. The van der Waals surface area contributed by atoms with Gasteiger partial charge in [-0.1, -0.05) is 20.8 Å². The molecule has 1 amide bonds. The molecule has 0 bridgehead atoms. The number of nitrogens with one attached hydrogen (secondary N) is 1. The largest absolute Gasteiger partial charge is 0.384 e. The zero-order chi connectivity index (χ0) is 11.8. The van der Waals surface area contributed by atoms with Crippen LogP contribution < -0.4 is 11.1 Å². The Bertz CT molecular complexity index is 183. The molecule has 0 saturated carbocycles. The second-order valence-corrected chi connectivity index (χ2v) is 4.39. The SMILES string of the molecule is COCC(C)CNC(=O)C(CN)C(C)C. The van der Waals surface area contributed by atoms with Crippen LogP contribution in [0.4, 0.5) is 0 Å². The molecular formula is C11H24N2O2. The van der Waals surface area contributed by atoms with Gasteiger partial charge >= 0.3 is 0 Å². The predicted molar refractivity (Wildman–Crippen MR) is 61.4 cm³/mol. The van der Waals surface area contributed by atoms with E-state index in [2.05, 4.69) is 5.32 Å². The van der Waals surface area contributed by atoms with Crippen LogP contribution in [-0.2, 0) is 9.53 Å². The number of methoxy groups -OCH3 is 1. The monoisotopic (exact) mass is 216 g/mol. The van der Waals surface area contributed by atoms with Crippen LogP contribution in [0.1, 0.15) is 20.8 Å². The number of nitrogens with two attached hydrogens (primary N) is 1. The van der Waals surface area contributed by atoms with Crippen molar-refractivity contribution in [2.24, 2.45) is 23.5 Å². The Morgan fingerprint density at radius 1 is 1.40 bits per heavy atom. The second-order valence-electron chi connectivity index (χ2n) is 4.39. The van der Waals surface area contributed by atoms with Gasteiger partial charge in [0.1, 0.15) is 0 Å². The Kier molecular flexibility index (Phi) is 7.34. The van der Waals surface area contributed by atoms with Crippen LogP contribution >= 0.6 is 0 Å². The van der Waals surface area contributed by atoms with Crippen molar-refractivity contribution in [3.63, 3.8) is 0 Å². The van der Waals surface area contributed by atoms with Crippen molar-refractivity contribution >= 4 is 5.91 Å². The molecule has 0 rings (SSSR count). The van der Waals surface area contributed by atoms with Crippen LogP contribution in [0.3, 0.4) is 0 Å². The highest BCUT2D eigenvalue weighted by Gasteiger charge is 2.20. The van der Waals surface area contributed by atoms with E-state index in [0.29, 0.717) is 25.6 Å². The third-order valence-electron chi connectivity index (χ3n) is 2.47. The number of hydrogen-bond donors (Lipinski definition) is 2. The van der Waals surface area contributed by atoms with Crippen molar-refractivity contribution in [2.75, 3.05) is 26.8 Å². The maximum absolute atomic E-state index is 11.7. The van der Waals surface area contributed by atoms with Crippen molar-refractivity contribution in [1.82, 2.24) is 5.32 Å². The van der Waals surface area contributed by atoms with Crippen LogP contribution in [0.2, 0.25) is 0 Å². The van der Waals surface area contributed by atoms with Gasteiger partial charge in [-0.05, 0) is 11.8 Å². The van der Waals surface area contributed by atoms with Crippen LogP contribution in [0, 0.1) is 17.8 Å². The van der Waals surface area contributed by atoms with Gasteiger partial charge in [0.25, 0.3) is 0 Å². The molecule has 0 aliphatic heterocycles. The van der Waals surface area contributed by atoms with E-state index >= 15 is 0 Å². The molecule has 0 heterocycles. The molecule has 4 nitrogen and oxygen atoms in total. The van der Waals surface area contributed by atoms with Crippen molar-refractivity contribution in [3.05, 3.63) is 0 Å². The summed E-state index contributed by atoms with van der Waals surface area (Å²) >= 11 is 0. The lowest BCUT2D eigenvalue weighted by Crippen LogP contribution is -2.40. The molecule has 0 radical (unpaired) electrons. The van der Waals surface area contributed by atoms with Gasteiger partial charge in [0.2, 0.25) is 5.91 Å². The highest BCUT2D eigenvalue weighted by Crippen LogP contribution is 2.09. The summed E-state index contributed by atoms with van der Waals surface area (Å²) in [7, 11) is 1.66. The fraction of sp³-hybridized carbons (Fsp3) is 0.909. The van der Waals surface area contributed by atoms with E-state index in [-0.39, 0.29) is 17.7 Å². The molecule has 0 saturated heterocycles. The Morgan fingerprint density at radius 2 is 2.00 bits per heavy atom. The molecule has 0 aromatic heterocycles. The lowest BCUT2D eigenvalue weighted by Gasteiger charge is -2.19. The van der Waals surface area contributed by atoms with Gasteiger partial charge in [0.05, 0.1) is 12.5 Å². The van der Waals surface area contributed by atoms with E-state index < -0.39 is 0 Å². The van der Waals surface area contributed by atoms with E-state index in [9.17, 15) is 4.79 Å². The van der Waals surface area contributed by atoms with Crippen LogP contribution in [0.25, 0.3) is 0 Å². The summed E-state index contributed by atoms with van der Waals surface area (Å²) in [5.41, 5.74) is 5.55. The van der Waals surface area contributed by atoms with Gasteiger partial charge in [0.15, 0.2) is 0 Å². The van der Waals surface area contributed by atoms with E-state index in [4.69, 9.17) is 10.5 Å². The first-order valence-electron chi connectivity index (χ1n) is 5.49. The van der Waals surface area contributed by atoms with E-state index in [1.165, 1.54) is 0 Å². The average Bonchev–Trinajstić information content (AvgIpc) is 2.15. The summed E-state index contributed by atoms with van der Waals surface area (Å²) in [5.74, 6) is 0.590.